The van der Waals surface area contributed by atoms with Crippen molar-refractivity contribution < 1.29 is 0 Å². The van der Waals surface area contributed by atoms with Crippen LogP contribution in [0.1, 0.15) is 37.3 Å². The van der Waals surface area contributed by atoms with Crippen LogP contribution in [0.25, 0.3) is 10.7 Å². The van der Waals surface area contributed by atoms with Gasteiger partial charge in [0.1, 0.15) is 10.7 Å². The zero-order chi connectivity index (χ0) is 13.8. The molecule has 3 nitrogen and oxygen atoms in total. The minimum absolute atomic E-state index is 0.432. The van der Waals surface area contributed by atoms with Crippen LogP contribution in [0, 0.1) is 0 Å². The number of thiazole rings is 1. The Morgan fingerprint density at radius 1 is 1.42 bits per heavy atom. The smallest absolute Gasteiger partial charge is 0.143 e. The standard InChI is InChI=1S/C14H18BrN3S/c1-4-16-8-11-12(9(2)3)18-14(19-11)13-10(15)6-5-7-17-13/h5-7,9,16H,4,8H2,1-3H3. The molecule has 2 rings (SSSR count). The van der Waals surface area contributed by atoms with Crippen LogP contribution >= 0.6 is 27.3 Å². The van der Waals surface area contributed by atoms with Gasteiger partial charge in [0.15, 0.2) is 0 Å². The summed E-state index contributed by atoms with van der Waals surface area (Å²) in [6.07, 6.45) is 1.81. The van der Waals surface area contributed by atoms with Crippen molar-refractivity contribution in [2.24, 2.45) is 0 Å². The van der Waals surface area contributed by atoms with Gasteiger partial charge in [0.05, 0.1) is 5.69 Å². The van der Waals surface area contributed by atoms with E-state index in [0.29, 0.717) is 5.92 Å². The quantitative estimate of drug-likeness (QED) is 0.886. The van der Waals surface area contributed by atoms with E-state index in [-0.39, 0.29) is 0 Å². The molecule has 19 heavy (non-hydrogen) atoms. The van der Waals surface area contributed by atoms with Crippen LogP contribution in [-0.2, 0) is 6.54 Å². The lowest BCUT2D eigenvalue weighted by Crippen LogP contribution is -2.12. The molecule has 0 aliphatic carbocycles. The van der Waals surface area contributed by atoms with Gasteiger partial charge in [0.25, 0.3) is 0 Å². The number of aromatic nitrogens is 2. The summed E-state index contributed by atoms with van der Waals surface area (Å²) in [5.41, 5.74) is 2.11. The maximum atomic E-state index is 4.78. The molecule has 0 aliphatic heterocycles. The lowest BCUT2D eigenvalue weighted by Gasteiger charge is -2.04. The summed E-state index contributed by atoms with van der Waals surface area (Å²) in [5.74, 6) is 0.432. The fraction of sp³-hybridized carbons (Fsp3) is 0.429. The lowest BCUT2D eigenvalue weighted by molar-refractivity contribution is 0.714. The molecule has 0 amide bonds. The van der Waals surface area contributed by atoms with Crippen molar-refractivity contribution in [1.29, 1.82) is 0 Å². The van der Waals surface area contributed by atoms with Crippen LogP contribution < -0.4 is 5.32 Å². The van der Waals surface area contributed by atoms with Gasteiger partial charge in [-0.15, -0.1) is 11.3 Å². The summed E-state index contributed by atoms with van der Waals surface area (Å²) < 4.78 is 0.994. The third-order valence-electron chi connectivity index (χ3n) is 2.77. The van der Waals surface area contributed by atoms with Crippen LogP contribution in [-0.4, -0.2) is 16.5 Å². The van der Waals surface area contributed by atoms with Gasteiger partial charge in [0, 0.05) is 22.1 Å². The minimum atomic E-state index is 0.432. The summed E-state index contributed by atoms with van der Waals surface area (Å²) in [4.78, 5) is 10.5. The van der Waals surface area contributed by atoms with E-state index in [9.17, 15) is 0 Å². The molecule has 0 saturated carbocycles. The van der Waals surface area contributed by atoms with Crippen LogP contribution in [0.15, 0.2) is 22.8 Å². The van der Waals surface area contributed by atoms with Gasteiger partial charge in [-0.2, -0.15) is 0 Å². The molecule has 0 atom stereocenters. The number of nitrogens with one attached hydrogen (secondary N) is 1. The highest BCUT2D eigenvalue weighted by molar-refractivity contribution is 9.10. The van der Waals surface area contributed by atoms with Gasteiger partial charge < -0.3 is 5.32 Å². The number of nitrogens with zero attached hydrogens (tertiary/aromatic N) is 2. The highest BCUT2D eigenvalue weighted by Crippen LogP contribution is 2.33. The Morgan fingerprint density at radius 2 is 2.21 bits per heavy atom. The number of halogens is 1. The number of rotatable bonds is 5. The van der Waals surface area contributed by atoms with Gasteiger partial charge in [0.2, 0.25) is 0 Å². The van der Waals surface area contributed by atoms with Gasteiger partial charge >= 0.3 is 0 Å². The van der Waals surface area contributed by atoms with Crippen molar-refractivity contribution in [3.05, 3.63) is 33.4 Å². The Kier molecular flexibility index (Phi) is 5.07. The minimum Gasteiger partial charge on any atom is -0.312 e. The van der Waals surface area contributed by atoms with E-state index in [1.165, 1.54) is 10.6 Å². The van der Waals surface area contributed by atoms with Crippen LogP contribution in [0.2, 0.25) is 0 Å². The van der Waals surface area contributed by atoms with E-state index >= 15 is 0 Å². The summed E-state index contributed by atoms with van der Waals surface area (Å²) in [7, 11) is 0. The molecule has 102 valence electrons. The normalized spacial score (nSPS) is 11.2. The monoisotopic (exact) mass is 339 g/mol. The van der Waals surface area contributed by atoms with Gasteiger partial charge in [-0.1, -0.05) is 20.8 Å². The summed E-state index contributed by atoms with van der Waals surface area (Å²) in [6, 6.07) is 3.92. The van der Waals surface area contributed by atoms with Crippen LogP contribution in [0.5, 0.6) is 0 Å². The Bertz CT molecular complexity index is 551. The Hall–Kier alpha value is -0.780. The molecule has 5 heteroatoms. The SMILES string of the molecule is CCNCc1sc(-c2ncccc2Br)nc1C(C)C. The van der Waals surface area contributed by atoms with E-state index in [4.69, 9.17) is 4.98 Å². The van der Waals surface area contributed by atoms with Crippen LogP contribution in [0.4, 0.5) is 0 Å². The van der Waals surface area contributed by atoms with E-state index in [2.05, 4.69) is 47.0 Å². The summed E-state index contributed by atoms with van der Waals surface area (Å²) in [5, 5.41) is 4.37. The molecule has 0 radical (unpaired) electrons. The van der Waals surface area contributed by atoms with Crippen molar-refractivity contribution in [1.82, 2.24) is 15.3 Å². The first-order chi connectivity index (χ1) is 9.13. The van der Waals surface area contributed by atoms with Crippen molar-refractivity contribution in [2.45, 2.75) is 33.2 Å². The molecule has 0 bridgehead atoms. The first-order valence-electron chi connectivity index (χ1n) is 6.44. The molecule has 2 aromatic rings. The highest BCUT2D eigenvalue weighted by atomic mass is 79.9. The Balaban J connectivity index is 2.40. The van der Waals surface area contributed by atoms with Crippen molar-refractivity contribution in [2.75, 3.05) is 6.54 Å². The third kappa shape index (κ3) is 3.41. The molecule has 2 heterocycles. The second-order valence-electron chi connectivity index (χ2n) is 4.60. The zero-order valence-corrected chi connectivity index (χ0v) is 13.8. The molecular formula is C14H18BrN3S. The molecule has 0 aromatic carbocycles. The molecule has 1 N–H and O–H groups in total. The molecular weight excluding hydrogens is 322 g/mol. The van der Waals surface area contributed by atoms with Gasteiger partial charge in [-0.3, -0.25) is 4.98 Å². The fourth-order valence-electron chi connectivity index (χ4n) is 1.82. The molecule has 0 unspecified atom stereocenters. The first kappa shape index (κ1) is 14.6. The highest BCUT2D eigenvalue weighted by Gasteiger charge is 2.16. The Morgan fingerprint density at radius 3 is 2.84 bits per heavy atom. The molecule has 0 fully saturated rings. The first-order valence-corrected chi connectivity index (χ1v) is 8.05. The summed E-state index contributed by atoms with van der Waals surface area (Å²) in [6.45, 7) is 8.33. The average molecular weight is 340 g/mol. The van der Waals surface area contributed by atoms with Crippen molar-refractivity contribution >= 4 is 27.3 Å². The second kappa shape index (κ2) is 6.59. The third-order valence-corrected chi connectivity index (χ3v) is 4.49. The van der Waals surface area contributed by atoms with Crippen molar-refractivity contribution in [3.8, 4) is 10.7 Å². The molecule has 2 aromatic heterocycles. The number of hydrogen-bond donors (Lipinski definition) is 1. The number of pyridine rings is 1. The van der Waals surface area contributed by atoms with E-state index in [1.807, 2.05) is 12.1 Å². The van der Waals surface area contributed by atoms with E-state index < -0.39 is 0 Å². The zero-order valence-electron chi connectivity index (χ0n) is 11.4. The predicted molar refractivity (Wildman–Crippen MR) is 84.5 cm³/mol. The fourth-order valence-corrected chi connectivity index (χ4v) is 3.60. The maximum Gasteiger partial charge on any atom is 0.143 e. The lowest BCUT2D eigenvalue weighted by atomic mass is 10.1. The predicted octanol–water partition coefficient (Wildman–Crippen LogP) is 4.20. The largest absolute Gasteiger partial charge is 0.312 e. The summed E-state index contributed by atoms with van der Waals surface area (Å²) >= 11 is 5.27. The van der Waals surface area contributed by atoms with E-state index in [0.717, 1.165) is 28.3 Å². The molecule has 0 aliphatic rings. The Labute approximate surface area is 126 Å². The van der Waals surface area contributed by atoms with Gasteiger partial charge in [-0.05, 0) is 40.5 Å². The van der Waals surface area contributed by atoms with Crippen molar-refractivity contribution in [3.63, 3.8) is 0 Å². The van der Waals surface area contributed by atoms with Crippen LogP contribution in [0.3, 0.4) is 0 Å². The molecule has 0 saturated heterocycles. The second-order valence-corrected chi connectivity index (χ2v) is 6.53. The topological polar surface area (TPSA) is 37.8 Å². The number of hydrogen-bond acceptors (Lipinski definition) is 4. The maximum absolute atomic E-state index is 4.78. The average Bonchev–Trinajstić information content (AvgIpc) is 2.81. The van der Waals surface area contributed by atoms with E-state index in [1.54, 1.807) is 17.5 Å². The van der Waals surface area contributed by atoms with Gasteiger partial charge in [-0.25, -0.2) is 4.98 Å². The molecule has 0 spiro atoms.